The van der Waals surface area contributed by atoms with Gasteiger partial charge < -0.3 is 10.5 Å². The molecule has 3 nitrogen and oxygen atoms in total. The van der Waals surface area contributed by atoms with Crippen LogP contribution in [-0.2, 0) is 4.74 Å². The van der Waals surface area contributed by atoms with E-state index in [0.29, 0.717) is 18.0 Å². The van der Waals surface area contributed by atoms with Crippen LogP contribution in [0.2, 0.25) is 0 Å². The minimum Gasteiger partial charge on any atom is -0.381 e. The fraction of sp³-hybridized carbons (Fsp3) is 0.600. The van der Waals surface area contributed by atoms with Gasteiger partial charge in [0.1, 0.15) is 0 Å². The third-order valence-electron chi connectivity index (χ3n) is 3.88. The molecule has 1 aromatic carbocycles. The maximum atomic E-state index is 13.3. The SMILES string of the molecule is CN(CC1CCCOC1)C(CN)c1ccc(F)c(F)c1. The van der Waals surface area contributed by atoms with Gasteiger partial charge in [0, 0.05) is 25.7 Å². The number of benzene rings is 1. The Balaban J connectivity index is 2.03. The Labute approximate surface area is 118 Å². The quantitative estimate of drug-likeness (QED) is 0.902. The number of halogens is 2. The van der Waals surface area contributed by atoms with Crippen molar-refractivity contribution in [3.05, 3.63) is 35.4 Å². The molecule has 1 heterocycles. The molecule has 20 heavy (non-hydrogen) atoms. The molecule has 0 saturated carbocycles. The Kier molecular flexibility index (Phi) is 5.46. The molecule has 1 aromatic rings. The van der Waals surface area contributed by atoms with Crippen LogP contribution in [0.15, 0.2) is 18.2 Å². The van der Waals surface area contributed by atoms with E-state index in [0.717, 1.165) is 38.7 Å². The summed E-state index contributed by atoms with van der Waals surface area (Å²) in [5, 5.41) is 0. The van der Waals surface area contributed by atoms with E-state index >= 15 is 0 Å². The van der Waals surface area contributed by atoms with Crippen molar-refractivity contribution < 1.29 is 13.5 Å². The predicted octanol–water partition coefficient (Wildman–Crippen LogP) is 2.32. The van der Waals surface area contributed by atoms with Crippen molar-refractivity contribution in [3.8, 4) is 0 Å². The molecule has 0 aliphatic carbocycles. The molecule has 1 fully saturated rings. The van der Waals surface area contributed by atoms with E-state index < -0.39 is 11.6 Å². The van der Waals surface area contributed by atoms with Crippen LogP contribution in [0.25, 0.3) is 0 Å². The summed E-state index contributed by atoms with van der Waals surface area (Å²) < 4.78 is 31.8. The number of nitrogens with zero attached hydrogens (tertiary/aromatic N) is 1. The molecule has 2 unspecified atom stereocenters. The lowest BCUT2D eigenvalue weighted by Gasteiger charge is -2.32. The van der Waals surface area contributed by atoms with Crippen molar-refractivity contribution in [2.24, 2.45) is 11.7 Å². The van der Waals surface area contributed by atoms with Crippen LogP contribution >= 0.6 is 0 Å². The van der Waals surface area contributed by atoms with E-state index in [-0.39, 0.29) is 6.04 Å². The summed E-state index contributed by atoms with van der Waals surface area (Å²) in [6.45, 7) is 2.82. The molecular weight excluding hydrogens is 262 g/mol. The van der Waals surface area contributed by atoms with Gasteiger partial charge in [-0.05, 0) is 43.5 Å². The summed E-state index contributed by atoms with van der Waals surface area (Å²) in [5.41, 5.74) is 6.52. The summed E-state index contributed by atoms with van der Waals surface area (Å²) in [4.78, 5) is 2.10. The van der Waals surface area contributed by atoms with Crippen LogP contribution in [0.3, 0.4) is 0 Å². The van der Waals surface area contributed by atoms with Gasteiger partial charge in [-0.2, -0.15) is 0 Å². The summed E-state index contributed by atoms with van der Waals surface area (Å²) >= 11 is 0. The van der Waals surface area contributed by atoms with Crippen molar-refractivity contribution in [2.75, 3.05) is 33.4 Å². The molecule has 1 aliphatic rings. The van der Waals surface area contributed by atoms with Crippen LogP contribution in [0.4, 0.5) is 8.78 Å². The highest BCUT2D eigenvalue weighted by molar-refractivity contribution is 5.21. The molecule has 112 valence electrons. The molecule has 0 amide bonds. The average molecular weight is 284 g/mol. The molecule has 1 saturated heterocycles. The molecular formula is C15H22F2N2O. The zero-order valence-corrected chi connectivity index (χ0v) is 11.8. The molecule has 2 rings (SSSR count). The van der Waals surface area contributed by atoms with Gasteiger partial charge in [-0.3, -0.25) is 4.90 Å². The summed E-state index contributed by atoms with van der Waals surface area (Å²) in [7, 11) is 1.97. The van der Waals surface area contributed by atoms with Crippen LogP contribution in [0.1, 0.15) is 24.4 Å². The predicted molar refractivity (Wildman–Crippen MR) is 74.3 cm³/mol. The average Bonchev–Trinajstić information content (AvgIpc) is 2.44. The smallest absolute Gasteiger partial charge is 0.159 e. The van der Waals surface area contributed by atoms with Crippen molar-refractivity contribution in [3.63, 3.8) is 0 Å². The lowest BCUT2D eigenvalue weighted by Crippen LogP contribution is -2.36. The first kappa shape index (κ1) is 15.4. The standard InChI is InChI=1S/C15H22F2N2O/c1-19(9-11-3-2-6-20-10-11)15(8-18)12-4-5-13(16)14(17)7-12/h4-5,7,11,15H,2-3,6,8-10,18H2,1H3. The lowest BCUT2D eigenvalue weighted by atomic mass is 9.99. The third-order valence-corrected chi connectivity index (χ3v) is 3.88. The fourth-order valence-corrected chi connectivity index (χ4v) is 2.78. The summed E-state index contributed by atoms with van der Waals surface area (Å²) in [6.07, 6.45) is 2.22. The van der Waals surface area contributed by atoms with Gasteiger partial charge in [-0.25, -0.2) is 8.78 Å². The summed E-state index contributed by atoms with van der Waals surface area (Å²) in [6, 6.07) is 3.89. The first-order valence-corrected chi connectivity index (χ1v) is 7.04. The van der Waals surface area contributed by atoms with Gasteiger partial charge in [0.2, 0.25) is 0 Å². The van der Waals surface area contributed by atoms with Crippen molar-refractivity contribution in [1.29, 1.82) is 0 Å². The van der Waals surface area contributed by atoms with Gasteiger partial charge in [-0.15, -0.1) is 0 Å². The number of ether oxygens (including phenoxy) is 1. The van der Waals surface area contributed by atoms with Crippen LogP contribution in [-0.4, -0.2) is 38.3 Å². The van der Waals surface area contributed by atoms with Crippen molar-refractivity contribution in [2.45, 2.75) is 18.9 Å². The van der Waals surface area contributed by atoms with Gasteiger partial charge in [0.25, 0.3) is 0 Å². The van der Waals surface area contributed by atoms with E-state index in [1.165, 1.54) is 6.07 Å². The third kappa shape index (κ3) is 3.75. The highest BCUT2D eigenvalue weighted by Gasteiger charge is 2.22. The fourth-order valence-electron chi connectivity index (χ4n) is 2.78. The largest absolute Gasteiger partial charge is 0.381 e. The van der Waals surface area contributed by atoms with Crippen LogP contribution < -0.4 is 5.73 Å². The minimum atomic E-state index is -0.826. The second-order valence-corrected chi connectivity index (χ2v) is 5.45. The molecule has 1 aliphatic heterocycles. The Morgan fingerprint density at radius 1 is 1.40 bits per heavy atom. The highest BCUT2D eigenvalue weighted by Crippen LogP contribution is 2.23. The molecule has 5 heteroatoms. The van der Waals surface area contributed by atoms with E-state index in [1.54, 1.807) is 6.07 Å². The summed E-state index contributed by atoms with van der Waals surface area (Å²) in [5.74, 6) is -1.17. The number of likely N-dealkylation sites (N-methyl/N-ethyl adjacent to an activating group) is 1. The van der Waals surface area contributed by atoms with Crippen molar-refractivity contribution >= 4 is 0 Å². The second-order valence-electron chi connectivity index (χ2n) is 5.45. The van der Waals surface area contributed by atoms with Gasteiger partial charge in [0.15, 0.2) is 11.6 Å². The number of nitrogens with two attached hydrogens (primary N) is 1. The first-order chi connectivity index (χ1) is 9.61. The van der Waals surface area contributed by atoms with E-state index in [9.17, 15) is 8.78 Å². The Morgan fingerprint density at radius 3 is 2.80 bits per heavy atom. The number of hydrogen-bond donors (Lipinski definition) is 1. The van der Waals surface area contributed by atoms with Gasteiger partial charge in [0.05, 0.1) is 6.61 Å². The Bertz CT molecular complexity index is 436. The highest BCUT2D eigenvalue weighted by atomic mass is 19.2. The molecule has 2 atom stereocenters. The van der Waals surface area contributed by atoms with Crippen LogP contribution in [0.5, 0.6) is 0 Å². The first-order valence-electron chi connectivity index (χ1n) is 7.04. The molecule has 0 spiro atoms. The topological polar surface area (TPSA) is 38.5 Å². The molecule has 0 radical (unpaired) electrons. The lowest BCUT2D eigenvalue weighted by molar-refractivity contribution is 0.0365. The Morgan fingerprint density at radius 2 is 2.20 bits per heavy atom. The zero-order chi connectivity index (χ0) is 14.5. The van der Waals surface area contributed by atoms with Crippen molar-refractivity contribution in [1.82, 2.24) is 4.90 Å². The number of hydrogen-bond acceptors (Lipinski definition) is 3. The molecule has 0 aromatic heterocycles. The molecule has 0 bridgehead atoms. The normalized spacial score (nSPS) is 21.1. The van der Waals surface area contributed by atoms with E-state index in [4.69, 9.17) is 10.5 Å². The number of rotatable bonds is 5. The minimum absolute atomic E-state index is 0.105. The van der Waals surface area contributed by atoms with Crippen LogP contribution in [0, 0.1) is 17.6 Å². The second kappa shape index (κ2) is 7.11. The van der Waals surface area contributed by atoms with E-state index in [2.05, 4.69) is 4.90 Å². The molecule has 2 N–H and O–H groups in total. The Hall–Kier alpha value is -1.04. The van der Waals surface area contributed by atoms with Gasteiger partial charge >= 0.3 is 0 Å². The maximum Gasteiger partial charge on any atom is 0.159 e. The van der Waals surface area contributed by atoms with Gasteiger partial charge in [-0.1, -0.05) is 6.07 Å². The maximum absolute atomic E-state index is 13.3. The van der Waals surface area contributed by atoms with E-state index in [1.807, 2.05) is 7.05 Å². The monoisotopic (exact) mass is 284 g/mol. The zero-order valence-electron chi connectivity index (χ0n) is 11.8.